The van der Waals surface area contributed by atoms with Crippen LogP contribution < -0.4 is 16.2 Å². The molecule has 162 valence electrons. The number of carbonyl (C=O) groups excluding carboxylic acids is 2. The summed E-state index contributed by atoms with van der Waals surface area (Å²) < 4.78 is 2.73. The number of anilines is 2. The molecular formula is C23H22N6O3. The van der Waals surface area contributed by atoms with Gasteiger partial charge in [-0.2, -0.15) is 10.2 Å². The Bertz CT molecular complexity index is 1400. The number of hydrogen-bond acceptors (Lipinski definition) is 5. The fourth-order valence-corrected chi connectivity index (χ4v) is 3.53. The lowest BCUT2D eigenvalue weighted by molar-refractivity contribution is -0.117. The number of aromatic nitrogens is 4. The number of nitrogens with one attached hydrogen (secondary N) is 2. The number of carbonyl (C=O) groups is 2. The molecule has 0 bridgehead atoms. The highest BCUT2D eigenvalue weighted by atomic mass is 16.2. The average Bonchev–Trinajstić information content (AvgIpc) is 3.17. The Kier molecular flexibility index (Phi) is 5.55. The van der Waals surface area contributed by atoms with Crippen molar-refractivity contribution < 1.29 is 9.59 Å². The van der Waals surface area contributed by atoms with Crippen LogP contribution in [0, 0.1) is 13.8 Å². The maximum Gasteiger partial charge on any atom is 0.293 e. The standard InChI is InChI=1S/C23H22N6O3/c1-14-7-4-5-10-20(14)29-22-19(12-24-29)15(2)27-28(23(22)32)13-21(31)26-18-9-6-8-17(11-18)25-16(3)30/h4-12H,13H2,1-3H3,(H,25,30)(H,26,31). The van der Waals surface area contributed by atoms with Gasteiger partial charge < -0.3 is 10.6 Å². The number of benzene rings is 2. The first-order valence-electron chi connectivity index (χ1n) is 10.0. The molecule has 2 aromatic carbocycles. The summed E-state index contributed by atoms with van der Waals surface area (Å²) in [6.45, 7) is 4.86. The summed E-state index contributed by atoms with van der Waals surface area (Å²) in [7, 11) is 0. The van der Waals surface area contributed by atoms with Crippen molar-refractivity contribution in [1.82, 2.24) is 19.6 Å². The molecule has 2 N–H and O–H groups in total. The van der Waals surface area contributed by atoms with E-state index in [0.717, 1.165) is 15.9 Å². The van der Waals surface area contributed by atoms with E-state index in [1.54, 1.807) is 42.1 Å². The molecule has 0 aliphatic rings. The van der Waals surface area contributed by atoms with Crippen LogP contribution in [0.15, 0.2) is 59.5 Å². The van der Waals surface area contributed by atoms with Crippen molar-refractivity contribution >= 4 is 34.1 Å². The molecule has 0 aliphatic heterocycles. The first kappa shape index (κ1) is 21.0. The summed E-state index contributed by atoms with van der Waals surface area (Å²) in [6, 6.07) is 14.4. The second-order valence-electron chi connectivity index (χ2n) is 7.46. The van der Waals surface area contributed by atoms with Gasteiger partial charge in [0.05, 0.1) is 17.6 Å². The lowest BCUT2D eigenvalue weighted by Crippen LogP contribution is -2.31. The Labute approximate surface area is 183 Å². The molecule has 2 heterocycles. The molecular weight excluding hydrogens is 408 g/mol. The minimum Gasteiger partial charge on any atom is -0.326 e. The number of fused-ring (bicyclic) bond motifs is 1. The number of nitrogens with zero attached hydrogens (tertiary/aromatic N) is 4. The Morgan fingerprint density at radius 3 is 2.44 bits per heavy atom. The van der Waals surface area contributed by atoms with E-state index in [1.807, 2.05) is 31.2 Å². The van der Waals surface area contributed by atoms with Gasteiger partial charge in [-0.1, -0.05) is 24.3 Å². The number of aryl methyl sites for hydroxylation is 2. The molecule has 0 saturated heterocycles. The van der Waals surface area contributed by atoms with Crippen molar-refractivity contribution in [3.8, 4) is 5.69 Å². The van der Waals surface area contributed by atoms with E-state index in [4.69, 9.17) is 0 Å². The fourth-order valence-electron chi connectivity index (χ4n) is 3.53. The molecule has 0 unspecified atom stereocenters. The van der Waals surface area contributed by atoms with Gasteiger partial charge in [-0.25, -0.2) is 9.36 Å². The molecule has 0 aliphatic carbocycles. The molecule has 2 aromatic heterocycles. The van der Waals surface area contributed by atoms with Gasteiger partial charge in [0.2, 0.25) is 11.8 Å². The monoisotopic (exact) mass is 430 g/mol. The Morgan fingerprint density at radius 2 is 1.72 bits per heavy atom. The zero-order valence-corrected chi connectivity index (χ0v) is 17.9. The highest BCUT2D eigenvalue weighted by Crippen LogP contribution is 2.20. The average molecular weight is 430 g/mol. The normalized spacial score (nSPS) is 10.8. The molecule has 0 radical (unpaired) electrons. The predicted octanol–water partition coefficient (Wildman–Crippen LogP) is 2.80. The van der Waals surface area contributed by atoms with E-state index in [9.17, 15) is 14.4 Å². The first-order valence-corrected chi connectivity index (χ1v) is 10.0. The van der Waals surface area contributed by atoms with Crippen molar-refractivity contribution in [1.29, 1.82) is 0 Å². The quantitative estimate of drug-likeness (QED) is 0.506. The predicted molar refractivity (Wildman–Crippen MR) is 122 cm³/mol. The van der Waals surface area contributed by atoms with Gasteiger partial charge in [0.1, 0.15) is 12.1 Å². The largest absolute Gasteiger partial charge is 0.326 e. The van der Waals surface area contributed by atoms with E-state index in [1.165, 1.54) is 6.92 Å². The fraction of sp³-hybridized carbons (Fsp3) is 0.174. The van der Waals surface area contributed by atoms with E-state index in [0.29, 0.717) is 28.0 Å². The second kappa shape index (κ2) is 8.46. The topological polar surface area (TPSA) is 111 Å². The third kappa shape index (κ3) is 4.13. The maximum absolute atomic E-state index is 13.2. The Balaban J connectivity index is 1.65. The van der Waals surface area contributed by atoms with E-state index in [2.05, 4.69) is 20.8 Å². The molecule has 0 fully saturated rings. The second-order valence-corrected chi connectivity index (χ2v) is 7.46. The van der Waals surface area contributed by atoms with E-state index >= 15 is 0 Å². The number of amides is 2. The van der Waals surface area contributed by atoms with Gasteiger partial charge in [-0.05, 0) is 43.7 Å². The third-order valence-corrected chi connectivity index (χ3v) is 4.97. The highest BCUT2D eigenvalue weighted by molar-refractivity contribution is 5.93. The Hall–Kier alpha value is -4.27. The molecule has 4 aromatic rings. The van der Waals surface area contributed by atoms with Crippen LogP contribution in [0.25, 0.3) is 16.6 Å². The van der Waals surface area contributed by atoms with Gasteiger partial charge >= 0.3 is 0 Å². The summed E-state index contributed by atoms with van der Waals surface area (Å²) in [5, 5.41) is 14.7. The van der Waals surface area contributed by atoms with Gasteiger partial charge in [-0.3, -0.25) is 14.4 Å². The summed E-state index contributed by atoms with van der Waals surface area (Å²) in [4.78, 5) is 37.1. The zero-order valence-electron chi connectivity index (χ0n) is 17.9. The van der Waals surface area contributed by atoms with Crippen LogP contribution in [-0.2, 0) is 16.1 Å². The minimum absolute atomic E-state index is 0.210. The van der Waals surface area contributed by atoms with Gasteiger partial charge in [0, 0.05) is 23.7 Å². The molecule has 0 saturated carbocycles. The molecule has 9 heteroatoms. The van der Waals surface area contributed by atoms with Crippen molar-refractivity contribution in [2.45, 2.75) is 27.3 Å². The van der Waals surface area contributed by atoms with Crippen molar-refractivity contribution in [3.05, 3.63) is 76.3 Å². The van der Waals surface area contributed by atoms with Gasteiger partial charge in [0.25, 0.3) is 5.56 Å². The summed E-state index contributed by atoms with van der Waals surface area (Å²) in [6.07, 6.45) is 1.61. The molecule has 0 spiro atoms. The molecule has 0 atom stereocenters. The van der Waals surface area contributed by atoms with Crippen molar-refractivity contribution in [2.24, 2.45) is 0 Å². The van der Waals surface area contributed by atoms with E-state index in [-0.39, 0.29) is 12.5 Å². The van der Waals surface area contributed by atoms with Crippen LogP contribution >= 0.6 is 0 Å². The van der Waals surface area contributed by atoms with Crippen LogP contribution in [0.2, 0.25) is 0 Å². The van der Waals surface area contributed by atoms with Crippen LogP contribution in [0.4, 0.5) is 11.4 Å². The molecule has 32 heavy (non-hydrogen) atoms. The molecule has 9 nitrogen and oxygen atoms in total. The third-order valence-electron chi connectivity index (χ3n) is 4.97. The lowest BCUT2D eigenvalue weighted by atomic mass is 10.2. The summed E-state index contributed by atoms with van der Waals surface area (Å²) in [5.41, 5.74) is 3.37. The van der Waals surface area contributed by atoms with E-state index < -0.39 is 11.5 Å². The Morgan fingerprint density at radius 1 is 1.00 bits per heavy atom. The van der Waals surface area contributed by atoms with Crippen LogP contribution in [0.1, 0.15) is 18.2 Å². The molecule has 2 amide bonds. The molecule has 4 rings (SSSR count). The smallest absolute Gasteiger partial charge is 0.293 e. The van der Waals surface area contributed by atoms with Crippen LogP contribution in [-0.4, -0.2) is 31.4 Å². The van der Waals surface area contributed by atoms with Crippen molar-refractivity contribution in [2.75, 3.05) is 10.6 Å². The zero-order chi connectivity index (χ0) is 22.8. The van der Waals surface area contributed by atoms with Crippen LogP contribution in [0.5, 0.6) is 0 Å². The van der Waals surface area contributed by atoms with Gasteiger partial charge in [-0.15, -0.1) is 0 Å². The van der Waals surface area contributed by atoms with Crippen molar-refractivity contribution in [3.63, 3.8) is 0 Å². The number of hydrogen-bond donors (Lipinski definition) is 2. The minimum atomic E-state index is -0.416. The summed E-state index contributed by atoms with van der Waals surface area (Å²) >= 11 is 0. The summed E-state index contributed by atoms with van der Waals surface area (Å²) in [5.74, 6) is -0.626. The van der Waals surface area contributed by atoms with Crippen LogP contribution in [0.3, 0.4) is 0 Å². The first-order chi connectivity index (χ1) is 15.3. The maximum atomic E-state index is 13.2. The highest BCUT2D eigenvalue weighted by Gasteiger charge is 2.17. The number of para-hydroxylation sites is 1. The SMILES string of the molecule is CC(=O)Nc1cccc(NC(=O)Cn2nc(C)c3cnn(-c4ccccc4C)c3c2=O)c1. The number of rotatable bonds is 5. The lowest BCUT2D eigenvalue weighted by Gasteiger charge is -2.11. The van der Waals surface area contributed by atoms with Gasteiger partial charge in [0.15, 0.2) is 0 Å².